The minimum absolute atomic E-state index is 0.125. The number of hydrogen-bond donors (Lipinski definition) is 2. The Morgan fingerprint density at radius 1 is 1.10 bits per heavy atom. The normalized spacial score (nSPS) is 22.3. The van der Waals surface area contributed by atoms with Gasteiger partial charge in [-0.05, 0) is 19.1 Å². The van der Waals surface area contributed by atoms with Gasteiger partial charge < -0.3 is 24.7 Å². The zero-order valence-electron chi connectivity index (χ0n) is 22.5. The molecule has 40 heavy (non-hydrogen) atoms. The van der Waals surface area contributed by atoms with Crippen LogP contribution in [-0.4, -0.2) is 67.6 Å². The number of carbonyl (C=O) groups is 4. The van der Waals surface area contributed by atoms with Gasteiger partial charge in [-0.25, -0.2) is 9.78 Å². The first-order chi connectivity index (χ1) is 18.8. The number of anilines is 1. The zero-order valence-corrected chi connectivity index (χ0v) is 22.5. The summed E-state index contributed by atoms with van der Waals surface area (Å²) >= 11 is 0. The van der Waals surface area contributed by atoms with Crippen LogP contribution in [0.1, 0.15) is 61.8 Å². The number of ether oxygens (including phenoxy) is 4. The fourth-order valence-electron chi connectivity index (χ4n) is 4.45. The number of imidazole rings is 1. The number of fused-ring (bicyclic) bond motifs is 1. The lowest BCUT2D eigenvalue weighted by Gasteiger charge is -2.30. The van der Waals surface area contributed by atoms with E-state index in [0.717, 1.165) is 13.8 Å². The van der Waals surface area contributed by atoms with Gasteiger partial charge in [-0.15, -0.1) is 0 Å². The molecule has 0 radical (unpaired) electrons. The van der Waals surface area contributed by atoms with E-state index < -0.39 is 65.8 Å². The van der Waals surface area contributed by atoms with Crippen molar-refractivity contribution in [3.05, 3.63) is 52.1 Å². The number of hydrogen-bond acceptors (Lipinski definition) is 12. The van der Waals surface area contributed by atoms with Gasteiger partial charge in [0, 0.05) is 19.8 Å². The van der Waals surface area contributed by atoms with Gasteiger partial charge in [0.1, 0.15) is 12.2 Å². The summed E-state index contributed by atoms with van der Waals surface area (Å²) in [5, 5.41) is 0. The molecule has 4 atom stereocenters. The number of H-pyrrole nitrogens is 1. The maximum Gasteiger partial charge on any atom is 0.338 e. The van der Waals surface area contributed by atoms with E-state index in [0.29, 0.717) is 0 Å². The average molecular weight is 556 g/mol. The molecule has 1 unspecified atom stereocenters. The molecule has 1 aliphatic rings. The number of aromatic nitrogens is 4. The predicted octanol–water partition coefficient (Wildman–Crippen LogP) is 1.55. The third kappa shape index (κ3) is 5.43. The lowest BCUT2D eigenvalue weighted by atomic mass is 9.97. The monoisotopic (exact) mass is 555 g/mol. The van der Waals surface area contributed by atoms with Crippen molar-refractivity contribution in [3.63, 3.8) is 0 Å². The van der Waals surface area contributed by atoms with Gasteiger partial charge in [0.05, 0.1) is 5.56 Å². The van der Waals surface area contributed by atoms with Crippen molar-refractivity contribution in [2.24, 2.45) is 5.92 Å². The minimum Gasteiger partial charge on any atom is -0.459 e. The van der Waals surface area contributed by atoms with Crippen LogP contribution in [0.15, 0.2) is 35.1 Å². The van der Waals surface area contributed by atoms with Gasteiger partial charge in [-0.3, -0.25) is 28.7 Å². The van der Waals surface area contributed by atoms with Crippen molar-refractivity contribution in [3.8, 4) is 0 Å². The Balaban J connectivity index is 1.86. The van der Waals surface area contributed by atoms with E-state index in [2.05, 4.69) is 15.0 Å². The summed E-state index contributed by atoms with van der Waals surface area (Å²) in [5.74, 6) is -3.70. The van der Waals surface area contributed by atoms with E-state index in [4.69, 9.17) is 24.7 Å². The molecule has 1 aromatic carbocycles. The summed E-state index contributed by atoms with van der Waals surface area (Å²) in [7, 11) is 0. The van der Waals surface area contributed by atoms with Crippen LogP contribution in [0.4, 0.5) is 5.95 Å². The topological polar surface area (TPSA) is 195 Å². The molecule has 3 heterocycles. The lowest BCUT2D eigenvalue weighted by molar-refractivity contribution is -0.169. The van der Waals surface area contributed by atoms with Crippen molar-refractivity contribution < 1.29 is 38.1 Å². The van der Waals surface area contributed by atoms with Crippen molar-refractivity contribution in [2.75, 3.05) is 12.3 Å². The smallest absolute Gasteiger partial charge is 0.338 e. The van der Waals surface area contributed by atoms with Crippen LogP contribution < -0.4 is 11.3 Å². The molecular formula is C26H29N5O9. The number of nitrogens with two attached hydrogens (primary N) is 1. The van der Waals surface area contributed by atoms with Crippen molar-refractivity contribution in [1.29, 1.82) is 0 Å². The Morgan fingerprint density at radius 2 is 1.75 bits per heavy atom. The van der Waals surface area contributed by atoms with Crippen molar-refractivity contribution in [2.45, 2.75) is 58.7 Å². The number of benzene rings is 1. The molecule has 1 fully saturated rings. The summed E-state index contributed by atoms with van der Waals surface area (Å²) in [5.41, 5.74) is 3.42. The largest absolute Gasteiger partial charge is 0.459 e. The number of nitrogens with one attached hydrogen (secondary N) is 1. The Morgan fingerprint density at radius 3 is 2.35 bits per heavy atom. The number of Topliss-reactive ketones (excluding diaryl/α,β-unsaturated/α-hetero) is 1. The van der Waals surface area contributed by atoms with Gasteiger partial charge in [-0.2, -0.15) is 4.98 Å². The summed E-state index contributed by atoms with van der Waals surface area (Å²) in [6.07, 6.45) is -4.09. The standard InChI is InChI=1S/C26H29N5O9/c1-12(2)17(34)21-28-16-20(29-25(27)30-22(16)35)31(21)23-18(38-13(3)32)19(39-14(4)33)26(5,40-23)11-37-24(36)15-9-7-6-8-10-15/h6-10,12,18-19,23H,11H2,1-5H3,(H3,27,29,30,35)/t18-,19+,23?,26-/m1/s1. The second-order valence-corrected chi connectivity index (χ2v) is 9.82. The summed E-state index contributed by atoms with van der Waals surface area (Å²) in [6.45, 7) is 6.60. The maximum absolute atomic E-state index is 13.2. The molecule has 0 spiro atoms. The predicted molar refractivity (Wildman–Crippen MR) is 138 cm³/mol. The highest BCUT2D eigenvalue weighted by Gasteiger charge is 2.59. The fourth-order valence-corrected chi connectivity index (χ4v) is 4.45. The second-order valence-electron chi connectivity index (χ2n) is 9.82. The third-order valence-electron chi connectivity index (χ3n) is 6.23. The molecule has 3 N–H and O–H groups in total. The summed E-state index contributed by atoms with van der Waals surface area (Å²) < 4.78 is 24.1. The van der Waals surface area contributed by atoms with Crippen LogP contribution in [0.25, 0.3) is 11.2 Å². The third-order valence-corrected chi connectivity index (χ3v) is 6.23. The molecule has 3 aromatic rings. The minimum atomic E-state index is -1.59. The molecule has 2 aromatic heterocycles. The molecule has 212 valence electrons. The number of nitrogens with zero attached hydrogens (tertiary/aromatic N) is 3. The number of aromatic amines is 1. The number of ketones is 1. The molecule has 4 rings (SSSR count). The highest BCUT2D eigenvalue weighted by molar-refractivity contribution is 5.97. The van der Waals surface area contributed by atoms with Crippen LogP contribution in [0.5, 0.6) is 0 Å². The molecule has 1 saturated heterocycles. The van der Waals surface area contributed by atoms with Gasteiger partial charge in [-0.1, -0.05) is 32.0 Å². The molecule has 0 bridgehead atoms. The van der Waals surface area contributed by atoms with E-state index >= 15 is 0 Å². The molecule has 14 heteroatoms. The summed E-state index contributed by atoms with van der Waals surface area (Å²) in [4.78, 5) is 73.7. The van der Waals surface area contributed by atoms with Crippen molar-refractivity contribution in [1.82, 2.24) is 19.5 Å². The fraction of sp³-hybridized carbons (Fsp3) is 0.423. The molecule has 1 aliphatic heterocycles. The van der Waals surface area contributed by atoms with Crippen LogP contribution in [-0.2, 0) is 28.5 Å². The first-order valence-corrected chi connectivity index (χ1v) is 12.4. The van der Waals surface area contributed by atoms with Crippen LogP contribution in [0, 0.1) is 5.92 Å². The highest BCUT2D eigenvalue weighted by atomic mass is 16.7. The maximum atomic E-state index is 13.2. The first kappa shape index (κ1) is 28.4. The van der Waals surface area contributed by atoms with Crippen LogP contribution in [0.2, 0.25) is 0 Å². The summed E-state index contributed by atoms with van der Waals surface area (Å²) in [6, 6.07) is 8.18. The van der Waals surface area contributed by atoms with Crippen LogP contribution >= 0.6 is 0 Å². The van der Waals surface area contributed by atoms with E-state index in [1.807, 2.05) is 0 Å². The van der Waals surface area contributed by atoms with Gasteiger partial charge >= 0.3 is 17.9 Å². The van der Waals surface area contributed by atoms with Crippen molar-refractivity contribution >= 4 is 40.8 Å². The van der Waals surface area contributed by atoms with Gasteiger partial charge in [0.2, 0.25) is 11.7 Å². The Hall–Kier alpha value is -4.59. The van der Waals surface area contributed by atoms with Gasteiger partial charge in [0.25, 0.3) is 5.56 Å². The Labute approximate surface area is 227 Å². The van der Waals surface area contributed by atoms with Gasteiger partial charge in [0.15, 0.2) is 35.4 Å². The van der Waals surface area contributed by atoms with E-state index in [9.17, 15) is 24.0 Å². The molecule has 14 nitrogen and oxygen atoms in total. The number of carbonyl (C=O) groups excluding carboxylic acids is 4. The van der Waals surface area contributed by atoms with E-state index in [1.165, 1.54) is 11.5 Å². The Kier molecular flexibility index (Phi) is 7.73. The number of rotatable bonds is 8. The molecular weight excluding hydrogens is 526 g/mol. The van der Waals surface area contributed by atoms with Crippen LogP contribution in [0.3, 0.4) is 0 Å². The zero-order chi connectivity index (χ0) is 29.4. The first-order valence-electron chi connectivity index (χ1n) is 12.4. The molecule has 0 saturated carbocycles. The molecule has 0 amide bonds. The second kappa shape index (κ2) is 10.9. The van der Waals surface area contributed by atoms with E-state index in [-0.39, 0.29) is 28.5 Å². The number of nitrogen functional groups attached to an aromatic ring is 1. The Bertz CT molecular complexity index is 1530. The SMILES string of the molecule is CC(=O)O[C@H]1C(n2c(C(=O)C(C)C)nc3c(=O)[nH]c(N)nc32)O[C@](C)(COC(=O)c2ccccc2)[C@H]1OC(C)=O. The molecule has 0 aliphatic carbocycles. The lowest BCUT2D eigenvalue weighted by Crippen LogP contribution is -2.48. The average Bonchev–Trinajstić information content (AvgIpc) is 3.38. The van der Waals surface area contributed by atoms with E-state index in [1.54, 1.807) is 44.2 Å². The highest BCUT2D eigenvalue weighted by Crippen LogP contribution is 2.43. The number of esters is 3. The quantitative estimate of drug-likeness (QED) is 0.232.